The minimum atomic E-state index is -0.771. The van der Waals surface area contributed by atoms with Crippen molar-refractivity contribution in [2.75, 3.05) is 16.8 Å². The van der Waals surface area contributed by atoms with Crippen molar-refractivity contribution in [2.24, 2.45) is 5.92 Å². The average Bonchev–Trinajstić information content (AvgIpc) is 3.44. The molecule has 2 aliphatic heterocycles. The van der Waals surface area contributed by atoms with Gasteiger partial charge in [-0.3, -0.25) is 23.7 Å². The molecule has 3 amide bonds. The number of nitrogens with zero attached hydrogens (tertiary/aromatic N) is 2. The van der Waals surface area contributed by atoms with E-state index in [0.29, 0.717) is 26.8 Å². The number of hydrogen-bond donors (Lipinski definition) is 1. The predicted octanol–water partition coefficient (Wildman–Crippen LogP) is 5.28. The fraction of sp³-hybridized carbons (Fsp3) is 0.194. The summed E-state index contributed by atoms with van der Waals surface area (Å²) in [5.74, 6) is -2.83. The van der Waals surface area contributed by atoms with Gasteiger partial charge in [0.2, 0.25) is 17.7 Å². The summed E-state index contributed by atoms with van der Waals surface area (Å²) in [6, 6.07) is 22.6. The van der Waals surface area contributed by atoms with Crippen LogP contribution in [0.1, 0.15) is 33.6 Å². The third-order valence-corrected chi connectivity index (χ3v) is 10.4. The lowest BCUT2D eigenvalue weighted by Gasteiger charge is -2.30. The molecule has 3 heterocycles. The summed E-state index contributed by atoms with van der Waals surface area (Å²) in [7, 11) is 0. The van der Waals surface area contributed by atoms with Crippen molar-refractivity contribution in [1.82, 2.24) is 4.57 Å². The van der Waals surface area contributed by atoms with Gasteiger partial charge in [-0.2, -0.15) is 0 Å². The van der Waals surface area contributed by atoms with Crippen LogP contribution in [0, 0.1) is 5.92 Å². The summed E-state index contributed by atoms with van der Waals surface area (Å²) in [5.41, 5.74) is 2.10. The average molecular weight is 679 g/mol. The van der Waals surface area contributed by atoms with Gasteiger partial charge in [-0.25, -0.2) is 9.69 Å². The first-order chi connectivity index (χ1) is 20.8. The first-order valence-electron chi connectivity index (χ1n) is 13.4. The number of imide groups is 1. The smallest absolute Gasteiger partial charge is 0.338 e. The Labute approximate surface area is 263 Å². The van der Waals surface area contributed by atoms with Crippen molar-refractivity contribution in [1.29, 1.82) is 0 Å². The number of amides is 3. The van der Waals surface area contributed by atoms with E-state index in [-0.39, 0.29) is 29.8 Å². The van der Waals surface area contributed by atoms with E-state index >= 15 is 0 Å². The number of ether oxygens (including phenoxy) is 1. The highest BCUT2D eigenvalue weighted by molar-refractivity contribution is 9.10. The molecule has 6 rings (SSSR count). The van der Waals surface area contributed by atoms with Gasteiger partial charge in [-0.05, 0) is 61.0 Å². The number of carbonyl (C=O) groups is 4. The predicted molar refractivity (Wildman–Crippen MR) is 168 cm³/mol. The standard InChI is InChI=1S/C31H24BrN3O6S2/c1-2-41-30(39)18-8-12-20(13-9-18)33-22(36)16-34-29-26(43-31(34)40)23(17-6-4-3-5-7-17)24-25(42-29)28(38)35(27(24)37)21-14-10-19(32)11-15-21/h3-15,23-25H,2,16H2,1H3,(H,33,36)/t23-,24-,25+/m0/s1. The van der Waals surface area contributed by atoms with Crippen molar-refractivity contribution in [3.05, 3.63) is 109 Å². The van der Waals surface area contributed by atoms with Gasteiger partial charge in [0.1, 0.15) is 11.8 Å². The van der Waals surface area contributed by atoms with Gasteiger partial charge < -0.3 is 10.1 Å². The van der Waals surface area contributed by atoms with E-state index < -0.39 is 29.0 Å². The van der Waals surface area contributed by atoms with E-state index in [0.717, 1.165) is 21.4 Å². The third kappa shape index (κ3) is 5.46. The molecular weight excluding hydrogens is 654 g/mol. The lowest BCUT2D eigenvalue weighted by atomic mass is 9.83. The second-order valence-corrected chi connectivity index (χ2v) is 12.9. The van der Waals surface area contributed by atoms with Crippen LogP contribution >= 0.6 is 39.0 Å². The Kier molecular flexibility index (Phi) is 8.08. The van der Waals surface area contributed by atoms with E-state index in [2.05, 4.69) is 21.2 Å². The highest BCUT2D eigenvalue weighted by Gasteiger charge is 2.56. The van der Waals surface area contributed by atoms with Gasteiger partial charge in [0, 0.05) is 21.0 Å². The largest absolute Gasteiger partial charge is 0.462 e. The molecule has 0 aliphatic carbocycles. The number of benzene rings is 3. The Morgan fingerprint density at radius 1 is 0.930 bits per heavy atom. The molecule has 3 aromatic carbocycles. The summed E-state index contributed by atoms with van der Waals surface area (Å²) in [6.45, 7) is 1.69. The Balaban J connectivity index is 1.32. The normalized spacial score (nSPS) is 19.1. The van der Waals surface area contributed by atoms with Crippen LogP contribution in [-0.4, -0.2) is 40.1 Å². The number of hydrogen-bond acceptors (Lipinski definition) is 8. The topological polar surface area (TPSA) is 115 Å². The van der Waals surface area contributed by atoms with Gasteiger partial charge in [-0.1, -0.05) is 69.4 Å². The molecule has 218 valence electrons. The van der Waals surface area contributed by atoms with Gasteiger partial charge in [0.25, 0.3) is 0 Å². The second kappa shape index (κ2) is 11.9. The highest BCUT2D eigenvalue weighted by Crippen LogP contribution is 2.53. The first kappa shape index (κ1) is 29.1. The number of anilines is 2. The molecule has 1 aromatic heterocycles. The van der Waals surface area contributed by atoms with Crippen LogP contribution in [-0.2, 0) is 25.7 Å². The Morgan fingerprint density at radius 3 is 2.30 bits per heavy atom. The van der Waals surface area contributed by atoms with Crippen LogP contribution in [0.3, 0.4) is 0 Å². The molecule has 0 unspecified atom stereocenters. The Hall–Kier alpha value is -4.00. The summed E-state index contributed by atoms with van der Waals surface area (Å²) in [6.07, 6.45) is 0. The van der Waals surface area contributed by atoms with Crippen LogP contribution in [0.2, 0.25) is 0 Å². The molecule has 9 nitrogen and oxygen atoms in total. The molecule has 43 heavy (non-hydrogen) atoms. The molecule has 2 aliphatic rings. The zero-order chi connectivity index (χ0) is 30.2. The zero-order valence-corrected chi connectivity index (χ0v) is 25.9. The van der Waals surface area contributed by atoms with Crippen molar-refractivity contribution >= 4 is 74.1 Å². The van der Waals surface area contributed by atoms with E-state index in [1.807, 2.05) is 30.3 Å². The van der Waals surface area contributed by atoms with E-state index in [1.54, 1.807) is 55.5 Å². The van der Waals surface area contributed by atoms with Crippen molar-refractivity contribution in [3.63, 3.8) is 0 Å². The van der Waals surface area contributed by atoms with Gasteiger partial charge >= 0.3 is 10.8 Å². The number of halogens is 1. The summed E-state index contributed by atoms with van der Waals surface area (Å²) >= 11 is 5.56. The molecule has 1 N–H and O–H groups in total. The third-order valence-electron chi connectivity index (χ3n) is 7.27. The fourth-order valence-electron chi connectivity index (χ4n) is 5.37. The number of nitrogens with one attached hydrogen (secondary N) is 1. The monoisotopic (exact) mass is 677 g/mol. The molecule has 12 heteroatoms. The van der Waals surface area contributed by atoms with Gasteiger partial charge in [0.15, 0.2) is 0 Å². The number of fused-ring (bicyclic) bond motifs is 2. The Morgan fingerprint density at radius 2 is 1.63 bits per heavy atom. The molecule has 1 fully saturated rings. The molecule has 0 saturated carbocycles. The molecule has 4 aromatic rings. The van der Waals surface area contributed by atoms with Crippen LogP contribution < -0.4 is 15.1 Å². The number of carbonyl (C=O) groups excluding carboxylic acids is 4. The van der Waals surface area contributed by atoms with Crippen LogP contribution in [0.15, 0.2) is 93.2 Å². The minimum absolute atomic E-state index is 0.254. The maximum atomic E-state index is 13.9. The van der Waals surface area contributed by atoms with Gasteiger partial charge in [0.05, 0.1) is 28.8 Å². The van der Waals surface area contributed by atoms with E-state index in [4.69, 9.17) is 4.74 Å². The number of thioether (sulfide) groups is 1. The van der Waals surface area contributed by atoms with Crippen LogP contribution in [0.25, 0.3) is 0 Å². The first-order valence-corrected chi connectivity index (χ1v) is 15.9. The maximum Gasteiger partial charge on any atom is 0.338 e. The van der Waals surface area contributed by atoms with Crippen molar-refractivity contribution in [3.8, 4) is 0 Å². The quantitative estimate of drug-likeness (QED) is 0.209. The van der Waals surface area contributed by atoms with E-state index in [9.17, 15) is 24.0 Å². The lowest BCUT2D eigenvalue weighted by molar-refractivity contribution is -0.122. The van der Waals surface area contributed by atoms with Crippen molar-refractivity contribution < 1.29 is 23.9 Å². The Bertz CT molecular complexity index is 1790. The number of rotatable bonds is 7. The van der Waals surface area contributed by atoms with Gasteiger partial charge in [-0.15, -0.1) is 0 Å². The molecule has 0 bridgehead atoms. The minimum Gasteiger partial charge on any atom is -0.462 e. The second-order valence-electron chi connectivity index (χ2n) is 9.91. The lowest BCUT2D eigenvalue weighted by Crippen LogP contribution is -2.33. The van der Waals surface area contributed by atoms with Crippen LogP contribution in [0.5, 0.6) is 0 Å². The maximum absolute atomic E-state index is 13.9. The molecule has 3 atom stereocenters. The van der Waals surface area contributed by atoms with E-state index in [1.165, 1.54) is 21.2 Å². The zero-order valence-electron chi connectivity index (χ0n) is 22.7. The molecular formula is C31H24BrN3O6S2. The summed E-state index contributed by atoms with van der Waals surface area (Å²) in [5, 5.41) is 2.50. The number of thiazole rings is 1. The summed E-state index contributed by atoms with van der Waals surface area (Å²) < 4.78 is 7.19. The number of esters is 1. The summed E-state index contributed by atoms with van der Waals surface area (Å²) in [4.78, 5) is 67.6. The van der Waals surface area contributed by atoms with Crippen LogP contribution in [0.4, 0.5) is 11.4 Å². The number of aromatic nitrogens is 1. The SMILES string of the molecule is CCOC(=O)c1ccc(NC(=O)Cn2c3c(sc2=O)[C@@H](c2ccccc2)[C@@H]2C(=O)N(c4ccc(Br)cc4)C(=O)[C@@H]2S3)cc1. The highest BCUT2D eigenvalue weighted by atomic mass is 79.9. The molecule has 0 spiro atoms. The molecule has 1 saturated heterocycles. The molecule has 0 radical (unpaired) electrons. The fourth-order valence-corrected chi connectivity index (χ4v) is 8.41. The van der Waals surface area contributed by atoms with Crippen molar-refractivity contribution in [2.45, 2.75) is 29.7 Å².